The Morgan fingerprint density at radius 1 is 1.37 bits per heavy atom. The quantitative estimate of drug-likeness (QED) is 0.775. The van der Waals surface area contributed by atoms with Crippen LogP contribution in [0.3, 0.4) is 0 Å². The number of amides is 1. The van der Waals surface area contributed by atoms with Crippen molar-refractivity contribution in [1.29, 1.82) is 0 Å². The number of benzene rings is 1. The molecule has 0 aromatic heterocycles. The molecule has 3 N–H and O–H groups in total. The van der Waals surface area contributed by atoms with E-state index in [0.29, 0.717) is 6.42 Å². The fourth-order valence-corrected chi connectivity index (χ4v) is 2.33. The minimum absolute atomic E-state index is 0.0524. The standard InChI is InChI=1S/C15H22N2O2/c1-10(16-12-9-13(18)15(12,2)3)14(19)17-11-7-5-4-6-8-11/h4-8,10,12-13,16,18H,9H2,1-3H3,(H,17,19). The van der Waals surface area contributed by atoms with Crippen molar-refractivity contribution in [3.63, 3.8) is 0 Å². The molecule has 0 spiro atoms. The fourth-order valence-electron chi connectivity index (χ4n) is 2.33. The maximum atomic E-state index is 12.0. The third kappa shape index (κ3) is 2.96. The monoisotopic (exact) mass is 262 g/mol. The van der Waals surface area contributed by atoms with E-state index in [-0.39, 0.29) is 29.5 Å². The second-order valence-corrected chi connectivity index (χ2v) is 5.87. The normalized spacial score (nSPS) is 26.3. The van der Waals surface area contributed by atoms with Gasteiger partial charge in [-0.25, -0.2) is 0 Å². The summed E-state index contributed by atoms with van der Waals surface area (Å²) in [7, 11) is 0. The number of rotatable bonds is 4. The van der Waals surface area contributed by atoms with Crippen LogP contribution in [0, 0.1) is 5.41 Å². The summed E-state index contributed by atoms with van der Waals surface area (Å²) in [6, 6.07) is 9.31. The van der Waals surface area contributed by atoms with E-state index in [9.17, 15) is 9.90 Å². The van der Waals surface area contributed by atoms with Gasteiger partial charge in [0.15, 0.2) is 0 Å². The minimum Gasteiger partial charge on any atom is -0.392 e. The molecule has 3 atom stereocenters. The Bertz CT molecular complexity index is 445. The second-order valence-electron chi connectivity index (χ2n) is 5.87. The SMILES string of the molecule is CC(NC1CC(O)C1(C)C)C(=O)Nc1ccccc1. The van der Waals surface area contributed by atoms with Crippen molar-refractivity contribution in [1.82, 2.24) is 5.32 Å². The van der Waals surface area contributed by atoms with Crippen LogP contribution < -0.4 is 10.6 Å². The van der Waals surface area contributed by atoms with E-state index in [1.807, 2.05) is 51.1 Å². The zero-order valence-corrected chi connectivity index (χ0v) is 11.7. The van der Waals surface area contributed by atoms with Gasteiger partial charge in [0.1, 0.15) is 0 Å². The van der Waals surface area contributed by atoms with Gasteiger partial charge in [-0.2, -0.15) is 0 Å². The van der Waals surface area contributed by atoms with Gasteiger partial charge >= 0.3 is 0 Å². The van der Waals surface area contributed by atoms with Crippen molar-refractivity contribution in [2.24, 2.45) is 5.41 Å². The summed E-state index contributed by atoms with van der Waals surface area (Å²) in [4.78, 5) is 12.0. The van der Waals surface area contributed by atoms with E-state index in [1.165, 1.54) is 0 Å². The lowest BCUT2D eigenvalue weighted by Gasteiger charge is -2.50. The van der Waals surface area contributed by atoms with Crippen molar-refractivity contribution in [2.75, 3.05) is 5.32 Å². The summed E-state index contributed by atoms with van der Waals surface area (Å²) in [5, 5.41) is 15.8. The van der Waals surface area contributed by atoms with Gasteiger partial charge in [0.25, 0.3) is 0 Å². The number of hydrogen-bond donors (Lipinski definition) is 3. The summed E-state index contributed by atoms with van der Waals surface area (Å²) in [6.45, 7) is 5.88. The highest BCUT2D eigenvalue weighted by molar-refractivity contribution is 5.94. The molecule has 0 bridgehead atoms. The highest BCUT2D eigenvalue weighted by Crippen LogP contribution is 2.40. The Balaban J connectivity index is 1.87. The van der Waals surface area contributed by atoms with Gasteiger partial charge in [0, 0.05) is 17.1 Å². The molecular formula is C15H22N2O2. The first kappa shape index (κ1) is 14.0. The topological polar surface area (TPSA) is 61.4 Å². The van der Waals surface area contributed by atoms with Gasteiger partial charge in [-0.1, -0.05) is 32.0 Å². The van der Waals surface area contributed by atoms with Crippen molar-refractivity contribution >= 4 is 11.6 Å². The van der Waals surface area contributed by atoms with Crippen molar-refractivity contribution in [3.8, 4) is 0 Å². The molecule has 104 valence electrons. The first-order valence-corrected chi connectivity index (χ1v) is 6.71. The van der Waals surface area contributed by atoms with E-state index in [0.717, 1.165) is 5.69 Å². The number of anilines is 1. The predicted octanol–water partition coefficient (Wildman–Crippen LogP) is 1.76. The van der Waals surface area contributed by atoms with E-state index in [1.54, 1.807) is 0 Å². The van der Waals surface area contributed by atoms with Crippen molar-refractivity contribution in [3.05, 3.63) is 30.3 Å². The maximum Gasteiger partial charge on any atom is 0.241 e. The number of aliphatic hydroxyl groups is 1. The first-order valence-electron chi connectivity index (χ1n) is 6.71. The molecular weight excluding hydrogens is 240 g/mol. The highest BCUT2D eigenvalue weighted by Gasteiger charge is 2.47. The summed E-state index contributed by atoms with van der Waals surface area (Å²) in [6.07, 6.45) is 0.421. The molecule has 19 heavy (non-hydrogen) atoms. The lowest BCUT2D eigenvalue weighted by atomic mass is 9.64. The van der Waals surface area contributed by atoms with Crippen LogP contribution >= 0.6 is 0 Å². The number of carbonyl (C=O) groups is 1. The Kier molecular flexibility index (Phi) is 3.92. The molecule has 1 aliphatic carbocycles. The molecule has 1 aliphatic rings. The Labute approximate surface area is 114 Å². The number of nitrogens with one attached hydrogen (secondary N) is 2. The highest BCUT2D eigenvalue weighted by atomic mass is 16.3. The number of hydrogen-bond acceptors (Lipinski definition) is 3. The van der Waals surface area contributed by atoms with Gasteiger partial charge in [-0.3, -0.25) is 4.79 Å². The molecule has 1 fully saturated rings. The molecule has 4 heteroatoms. The van der Waals surface area contributed by atoms with Crippen LogP contribution in [0.5, 0.6) is 0 Å². The molecule has 0 aliphatic heterocycles. The fraction of sp³-hybridized carbons (Fsp3) is 0.533. The molecule has 1 aromatic carbocycles. The van der Waals surface area contributed by atoms with Crippen molar-refractivity contribution in [2.45, 2.75) is 45.4 Å². The molecule has 4 nitrogen and oxygen atoms in total. The summed E-state index contributed by atoms with van der Waals surface area (Å²) < 4.78 is 0. The van der Waals surface area contributed by atoms with Crippen molar-refractivity contribution < 1.29 is 9.90 Å². The summed E-state index contributed by atoms with van der Waals surface area (Å²) in [5.41, 5.74) is 0.635. The van der Waals surface area contributed by atoms with Gasteiger partial charge < -0.3 is 15.7 Å². The van der Waals surface area contributed by atoms with Crippen LogP contribution in [0.2, 0.25) is 0 Å². The number of para-hydroxylation sites is 1. The van der Waals surface area contributed by atoms with Gasteiger partial charge in [0.2, 0.25) is 5.91 Å². The van der Waals surface area contributed by atoms with Crippen LogP contribution in [-0.4, -0.2) is 29.2 Å². The Morgan fingerprint density at radius 3 is 2.53 bits per heavy atom. The van der Waals surface area contributed by atoms with E-state index < -0.39 is 0 Å². The molecule has 0 heterocycles. The molecule has 1 saturated carbocycles. The van der Waals surface area contributed by atoms with Gasteiger partial charge in [-0.15, -0.1) is 0 Å². The number of aliphatic hydroxyl groups excluding tert-OH is 1. The Hall–Kier alpha value is -1.39. The maximum absolute atomic E-state index is 12.0. The summed E-state index contributed by atoms with van der Waals surface area (Å²) >= 11 is 0. The molecule has 1 amide bonds. The zero-order valence-electron chi connectivity index (χ0n) is 11.7. The molecule has 0 saturated heterocycles. The lowest BCUT2D eigenvalue weighted by Crippen LogP contribution is -2.62. The first-order chi connectivity index (χ1) is 8.91. The minimum atomic E-state index is -0.283. The van der Waals surface area contributed by atoms with E-state index >= 15 is 0 Å². The molecule has 2 rings (SSSR count). The van der Waals surface area contributed by atoms with E-state index in [2.05, 4.69) is 10.6 Å². The van der Waals surface area contributed by atoms with Crippen LogP contribution in [0.4, 0.5) is 5.69 Å². The average molecular weight is 262 g/mol. The predicted molar refractivity (Wildman–Crippen MR) is 75.9 cm³/mol. The van der Waals surface area contributed by atoms with Gasteiger partial charge in [0.05, 0.1) is 12.1 Å². The van der Waals surface area contributed by atoms with Crippen LogP contribution in [-0.2, 0) is 4.79 Å². The zero-order chi connectivity index (χ0) is 14.0. The third-order valence-corrected chi connectivity index (χ3v) is 4.10. The molecule has 1 aromatic rings. The van der Waals surface area contributed by atoms with Gasteiger partial charge in [-0.05, 0) is 25.5 Å². The Morgan fingerprint density at radius 2 is 2.00 bits per heavy atom. The third-order valence-electron chi connectivity index (χ3n) is 4.10. The molecule has 3 unspecified atom stereocenters. The van der Waals surface area contributed by atoms with Crippen LogP contribution in [0.15, 0.2) is 30.3 Å². The smallest absolute Gasteiger partial charge is 0.241 e. The lowest BCUT2D eigenvalue weighted by molar-refractivity contribution is -0.120. The largest absolute Gasteiger partial charge is 0.392 e. The van der Waals surface area contributed by atoms with E-state index in [4.69, 9.17) is 0 Å². The molecule has 0 radical (unpaired) electrons. The number of carbonyl (C=O) groups excluding carboxylic acids is 1. The summed E-state index contributed by atoms with van der Waals surface area (Å²) in [5.74, 6) is -0.0524. The second kappa shape index (κ2) is 5.31. The average Bonchev–Trinajstić information content (AvgIpc) is 2.39. The van der Waals surface area contributed by atoms with Crippen LogP contribution in [0.25, 0.3) is 0 Å². The van der Waals surface area contributed by atoms with Crippen LogP contribution in [0.1, 0.15) is 27.2 Å².